The molecule has 0 unspecified atom stereocenters. The van der Waals surface area contributed by atoms with Gasteiger partial charge in [0.15, 0.2) is 5.78 Å². The Morgan fingerprint density at radius 1 is 1.10 bits per heavy atom. The lowest BCUT2D eigenvalue weighted by molar-refractivity contribution is 0.103. The molecule has 0 saturated heterocycles. The summed E-state index contributed by atoms with van der Waals surface area (Å²) in [6.45, 7) is 4.48. The van der Waals surface area contributed by atoms with Crippen molar-refractivity contribution in [1.82, 2.24) is 0 Å². The number of benzene rings is 2. The third-order valence-electron chi connectivity index (χ3n) is 3.11. The van der Waals surface area contributed by atoms with Crippen LogP contribution < -0.4 is 4.74 Å². The zero-order valence-electron chi connectivity index (χ0n) is 11.7. The van der Waals surface area contributed by atoms with Crippen molar-refractivity contribution < 1.29 is 9.53 Å². The van der Waals surface area contributed by atoms with Gasteiger partial charge in [-0.05, 0) is 37.1 Å². The summed E-state index contributed by atoms with van der Waals surface area (Å²) in [5.74, 6) is 0.565. The van der Waals surface area contributed by atoms with Gasteiger partial charge in [0, 0.05) is 10.6 Å². The van der Waals surface area contributed by atoms with Gasteiger partial charge in [0.05, 0.1) is 12.2 Å². The number of hydrogen-bond acceptors (Lipinski definition) is 2. The van der Waals surface area contributed by atoms with Gasteiger partial charge in [-0.3, -0.25) is 4.79 Å². The third-order valence-corrected chi connectivity index (χ3v) is 3.52. The van der Waals surface area contributed by atoms with Gasteiger partial charge in [-0.2, -0.15) is 0 Å². The van der Waals surface area contributed by atoms with Gasteiger partial charge in [0.2, 0.25) is 0 Å². The van der Waals surface area contributed by atoms with E-state index in [0.29, 0.717) is 28.5 Å². The molecule has 0 aromatic heterocycles. The quantitative estimate of drug-likeness (QED) is 0.748. The monoisotopic (exact) mass is 288 g/mol. The van der Waals surface area contributed by atoms with Crippen molar-refractivity contribution in [2.24, 2.45) is 0 Å². The number of carbonyl (C=O) groups is 1. The van der Waals surface area contributed by atoms with Crippen LogP contribution in [0.5, 0.6) is 5.75 Å². The van der Waals surface area contributed by atoms with Crippen LogP contribution >= 0.6 is 11.6 Å². The van der Waals surface area contributed by atoms with Gasteiger partial charge in [-0.25, -0.2) is 0 Å². The van der Waals surface area contributed by atoms with Crippen LogP contribution in [0.1, 0.15) is 34.8 Å². The predicted molar refractivity (Wildman–Crippen MR) is 81.8 cm³/mol. The van der Waals surface area contributed by atoms with Crippen LogP contribution in [0.25, 0.3) is 0 Å². The number of carbonyl (C=O) groups excluding carboxylic acids is 1. The molecule has 20 heavy (non-hydrogen) atoms. The van der Waals surface area contributed by atoms with Crippen LogP contribution in [0.2, 0.25) is 5.02 Å². The van der Waals surface area contributed by atoms with E-state index >= 15 is 0 Å². The SMILES string of the molecule is CCCOc1ccccc1C(=O)c1cccc(Cl)c1C. The summed E-state index contributed by atoms with van der Waals surface area (Å²) in [5, 5.41) is 0.600. The van der Waals surface area contributed by atoms with Crippen molar-refractivity contribution >= 4 is 17.4 Å². The Labute approximate surface area is 124 Å². The lowest BCUT2D eigenvalue weighted by Gasteiger charge is -2.11. The summed E-state index contributed by atoms with van der Waals surface area (Å²) in [5.41, 5.74) is 1.99. The van der Waals surface area contributed by atoms with Crippen LogP contribution in [-0.4, -0.2) is 12.4 Å². The van der Waals surface area contributed by atoms with Gasteiger partial charge in [-0.1, -0.05) is 42.8 Å². The molecule has 0 amide bonds. The topological polar surface area (TPSA) is 26.3 Å². The summed E-state index contributed by atoms with van der Waals surface area (Å²) >= 11 is 6.09. The Morgan fingerprint density at radius 2 is 1.80 bits per heavy atom. The molecule has 0 aliphatic carbocycles. The molecular weight excluding hydrogens is 272 g/mol. The second-order valence-electron chi connectivity index (χ2n) is 4.59. The minimum Gasteiger partial charge on any atom is -0.493 e. The summed E-state index contributed by atoms with van der Waals surface area (Å²) in [7, 11) is 0. The van der Waals surface area contributed by atoms with Gasteiger partial charge >= 0.3 is 0 Å². The summed E-state index contributed by atoms with van der Waals surface area (Å²) in [4.78, 5) is 12.7. The van der Waals surface area contributed by atoms with Crippen LogP contribution in [0, 0.1) is 6.92 Å². The number of rotatable bonds is 5. The normalized spacial score (nSPS) is 10.3. The van der Waals surface area contributed by atoms with Gasteiger partial charge in [0.1, 0.15) is 5.75 Å². The fourth-order valence-electron chi connectivity index (χ4n) is 1.99. The van der Waals surface area contributed by atoms with E-state index < -0.39 is 0 Å². The minimum atomic E-state index is -0.0586. The third kappa shape index (κ3) is 3.02. The van der Waals surface area contributed by atoms with E-state index in [1.165, 1.54) is 0 Å². The number of halogens is 1. The molecule has 2 nitrogen and oxygen atoms in total. The molecule has 0 radical (unpaired) electrons. The van der Waals surface area contributed by atoms with Crippen molar-refractivity contribution in [1.29, 1.82) is 0 Å². The van der Waals surface area contributed by atoms with Crippen molar-refractivity contribution in [2.75, 3.05) is 6.61 Å². The van der Waals surface area contributed by atoms with E-state index in [9.17, 15) is 4.79 Å². The lowest BCUT2D eigenvalue weighted by atomic mass is 9.98. The molecule has 0 aliphatic heterocycles. The van der Waals surface area contributed by atoms with E-state index in [1.807, 2.05) is 32.0 Å². The molecule has 0 aliphatic rings. The van der Waals surface area contributed by atoms with Gasteiger partial charge in [0.25, 0.3) is 0 Å². The van der Waals surface area contributed by atoms with E-state index in [1.54, 1.807) is 24.3 Å². The maximum atomic E-state index is 12.7. The van der Waals surface area contributed by atoms with Crippen molar-refractivity contribution in [3.05, 3.63) is 64.2 Å². The predicted octanol–water partition coefficient (Wildman–Crippen LogP) is 4.67. The van der Waals surface area contributed by atoms with Gasteiger partial charge in [-0.15, -0.1) is 0 Å². The van der Waals surface area contributed by atoms with E-state index in [4.69, 9.17) is 16.3 Å². The Hall–Kier alpha value is -1.80. The molecule has 0 spiro atoms. The molecule has 0 fully saturated rings. The molecule has 0 heterocycles. The van der Waals surface area contributed by atoms with Crippen molar-refractivity contribution in [2.45, 2.75) is 20.3 Å². The average Bonchev–Trinajstić information content (AvgIpc) is 2.47. The van der Waals surface area contributed by atoms with Crippen LogP contribution in [0.15, 0.2) is 42.5 Å². The first-order valence-corrected chi connectivity index (χ1v) is 7.04. The van der Waals surface area contributed by atoms with E-state index in [-0.39, 0.29) is 5.78 Å². The largest absolute Gasteiger partial charge is 0.493 e. The Morgan fingerprint density at radius 3 is 2.55 bits per heavy atom. The van der Waals surface area contributed by atoms with Gasteiger partial charge < -0.3 is 4.74 Å². The molecule has 2 aromatic carbocycles. The highest BCUT2D eigenvalue weighted by Crippen LogP contribution is 2.26. The lowest BCUT2D eigenvalue weighted by Crippen LogP contribution is -2.07. The standard InChI is InChI=1S/C17H17ClO2/c1-3-11-20-16-10-5-4-7-14(16)17(19)13-8-6-9-15(18)12(13)2/h4-10H,3,11H2,1-2H3. The summed E-state index contributed by atoms with van der Waals surface area (Å²) in [6, 6.07) is 12.7. The van der Waals surface area contributed by atoms with Crippen LogP contribution in [0.4, 0.5) is 0 Å². The zero-order valence-corrected chi connectivity index (χ0v) is 12.4. The number of para-hydroxylation sites is 1. The fraction of sp³-hybridized carbons (Fsp3) is 0.235. The second kappa shape index (κ2) is 6.58. The molecule has 0 bridgehead atoms. The molecule has 0 saturated carbocycles. The molecule has 3 heteroatoms. The maximum Gasteiger partial charge on any atom is 0.197 e. The highest BCUT2D eigenvalue weighted by molar-refractivity contribution is 6.32. The molecule has 104 valence electrons. The first kappa shape index (κ1) is 14.6. The summed E-state index contributed by atoms with van der Waals surface area (Å²) in [6.07, 6.45) is 0.902. The summed E-state index contributed by atoms with van der Waals surface area (Å²) < 4.78 is 5.65. The van der Waals surface area contributed by atoms with Crippen LogP contribution in [0.3, 0.4) is 0 Å². The zero-order chi connectivity index (χ0) is 14.5. The first-order chi connectivity index (χ1) is 9.65. The average molecular weight is 289 g/mol. The molecule has 0 N–H and O–H groups in total. The number of hydrogen-bond donors (Lipinski definition) is 0. The smallest absolute Gasteiger partial charge is 0.197 e. The fourth-order valence-corrected chi connectivity index (χ4v) is 2.17. The molecule has 2 aromatic rings. The Balaban J connectivity index is 2.40. The maximum absolute atomic E-state index is 12.7. The Bertz CT molecular complexity index is 620. The number of ether oxygens (including phenoxy) is 1. The second-order valence-corrected chi connectivity index (χ2v) is 4.99. The van der Waals surface area contributed by atoms with E-state index in [2.05, 4.69) is 0 Å². The highest BCUT2D eigenvalue weighted by Gasteiger charge is 2.17. The minimum absolute atomic E-state index is 0.0586. The Kier molecular flexibility index (Phi) is 4.80. The molecular formula is C17H17ClO2. The van der Waals surface area contributed by atoms with E-state index in [0.717, 1.165) is 12.0 Å². The molecule has 0 atom stereocenters. The van der Waals surface area contributed by atoms with Crippen LogP contribution in [-0.2, 0) is 0 Å². The highest BCUT2D eigenvalue weighted by atomic mass is 35.5. The first-order valence-electron chi connectivity index (χ1n) is 6.66. The molecule has 2 rings (SSSR count). The number of ketones is 1. The van der Waals surface area contributed by atoms with Crippen molar-refractivity contribution in [3.8, 4) is 5.75 Å². The van der Waals surface area contributed by atoms with Crippen molar-refractivity contribution in [3.63, 3.8) is 0 Å².